The summed E-state index contributed by atoms with van der Waals surface area (Å²) in [6.45, 7) is 0. The number of halogens is 5. The molecular formula is C4HCl5OS. The van der Waals surface area contributed by atoms with Crippen LogP contribution in [0.15, 0.2) is 18.9 Å². The van der Waals surface area contributed by atoms with Crippen LogP contribution >= 0.6 is 70.0 Å². The van der Waals surface area contributed by atoms with E-state index in [1.165, 1.54) is 0 Å². The highest BCUT2D eigenvalue weighted by atomic mass is 35.5. The molecule has 0 unspecified atom stereocenters. The first-order chi connectivity index (χ1) is 5.00. The summed E-state index contributed by atoms with van der Waals surface area (Å²) in [6, 6.07) is 0. The Morgan fingerprint density at radius 1 is 0.909 bits per heavy atom. The van der Waals surface area contributed by atoms with Gasteiger partial charge < -0.3 is 4.55 Å². The van der Waals surface area contributed by atoms with Crippen molar-refractivity contribution in [2.24, 2.45) is 0 Å². The number of allylic oxidation sites excluding steroid dienone is 2. The summed E-state index contributed by atoms with van der Waals surface area (Å²) in [6.07, 6.45) is 0. The predicted octanol–water partition coefficient (Wildman–Crippen LogP) is 4.72. The molecule has 0 aliphatic carbocycles. The molecule has 11 heavy (non-hydrogen) atoms. The van der Waals surface area contributed by atoms with Gasteiger partial charge in [0.2, 0.25) is 0 Å². The second-order valence-corrected chi connectivity index (χ2v) is 4.15. The van der Waals surface area contributed by atoms with Gasteiger partial charge in [0.05, 0.1) is 10.1 Å². The first kappa shape index (κ1) is 12.2. The number of rotatable bonds is 2. The molecule has 1 nitrogen and oxygen atoms in total. The summed E-state index contributed by atoms with van der Waals surface area (Å²) in [4.78, 5) is 0. The van der Waals surface area contributed by atoms with Gasteiger partial charge in [-0.3, -0.25) is 0 Å². The fourth-order valence-corrected chi connectivity index (χ4v) is 1.17. The van der Waals surface area contributed by atoms with Gasteiger partial charge in [-0.2, -0.15) is 0 Å². The maximum Gasteiger partial charge on any atom is 0.127 e. The van der Waals surface area contributed by atoms with E-state index in [9.17, 15) is 0 Å². The number of hydrogen-bond donors (Lipinski definition) is 1. The van der Waals surface area contributed by atoms with Gasteiger partial charge in [-0.05, 0) is 0 Å². The van der Waals surface area contributed by atoms with Crippen molar-refractivity contribution in [1.29, 1.82) is 0 Å². The van der Waals surface area contributed by atoms with E-state index in [0.717, 1.165) is 0 Å². The van der Waals surface area contributed by atoms with Gasteiger partial charge in [0.15, 0.2) is 0 Å². The van der Waals surface area contributed by atoms with Crippen molar-refractivity contribution in [3.05, 3.63) is 18.9 Å². The lowest BCUT2D eigenvalue weighted by molar-refractivity contribution is 0.670. The molecule has 0 aliphatic rings. The monoisotopic (exact) mass is 272 g/mol. The summed E-state index contributed by atoms with van der Waals surface area (Å²) in [5.41, 5.74) is 0. The predicted molar refractivity (Wildman–Crippen MR) is 53.5 cm³/mol. The van der Waals surface area contributed by atoms with Crippen molar-refractivity contribution in [1.82, 2.24) is 0 Å². The summed E-state index contributed by atoms with van der Waals surface area (Å²) < 4.78 is 8.12. The fourth-order valence-electron chi connectivity index (χ4n) is 0.209. The molecule has 0 aromatic carbocycles. The summed E-state index contributed by atoms with van der Waals surface area (Å²) in [5, 5.41) is -0.178. The van der Waals surface area contributed by atoms with Crippen LogP contribution in [0.2, 0.25) is 0 Å². The average Bonchev–Trinajstić information content (AvgIpc) is 2.00. The van der Waals surface area contributed by atoms with Crippen LogP contribution < -0.4 is 0 Å². The Morgan fingerprint density at radius 3 is 1.64 bits per heavy atom. The highest BCUT2D eigenvalue weighted by Gasteiger charge is 2.09. The third kappa shape index (κ3) is 4.13. The molecular weight excluding hydrogens is 273 g/mol. The maximum absolute atomic E-state index is 8.41. The zero-order chi connectivity index (χ0) is 9.02. The minimum absolute atomic E-state index is 0.0826. The van der Waals surface area contributed by atoms with E-state index in [0.29, 0.717) is 0 Å². The fraction of sp³-hybridized carbons (Fsp3) is 0. The molecule has 0 bridgehead atoms. The molecule has 0 amide bonds. The van der Waals surface area contributed by atoms with E-state index in [2.05, 4.69) is 0 Å². The van der Waals surface area contributed by atoms with Crippen LogP contribution in [0.1, 0.15) is 0 Å². The molecule has 0 atom stereocenters. The molecule has 0 radical (unpaired) electrons. The molecule has 0 rings (SSSR count). The smallest absolute Gasteiger partial charge is 0.127 e. The van der Waals surface area contributed by atoms with Gasteiger partial charge in [-0.1, -0.05) is 58.0 Å². The maximum atomic E-state index is 8.41. The Labute approximate surface area is 93.1 Å². The highest BCUT2D eigenvalue weighted by Crippen LogP contribution is 2.34. The molecule has 7 heteroatoms. The van der Waals surface area contributed by atoms with Gasteiger partial charge in [0.1, 0.15) is 8.86 Å². The van der Waals surface area contributed by atoms with E-state index in [4.69, 9.17) is 62.6 Å². The number of hydrogen-bond acceptors (Lipinski definition) is 2. The largest absolute Gasteiger partial charge is 0.325 e. The van der Waals surface area contributed by atoms with Crippen LogP contribution in [-0.4, -0.2) is 4.55 Å². The van der Waals surface area contributed by atoms with Gasteiger partial charge >= 0.3 is 0 Å². The van der Waals surface area contributed by atoms with Crippen LogP contribution in [0.3, 0.4) is 0 Å². The Hall–Kier alpha value is 1.24. The van der Waals surface area contributed by atoms with Crippen molar-refractivity contribution in [2.75, 3.05) is 0 Å². The van der Waals surface area contributed by atoms with Crippen LogP contribution in [0, 0.1) is 0 Å². The Kier molecular flexibility index (Phi) is 6.47. The van der Waals surface area contributed by atoms with Crippen LogP contribution in [-0.2, 0) is 0 Å². The zero-order valence-electron chi connectivity index (χ0n) is 4.75. The van der Waals surface area contributed by atoms with E-state index in [-0.39, 0.29) is 31.0 Å². The molecule has 0 aromatic rings. The SMILES string of the molecule is OSC(Cl)=C(Cl)C(Cl)=C(Cl)Cl. The first-order valence-electron chi connectivity index (χ1n) is 2.08. The third-order valence-corrected chi connectivity index (χ3v) is 3.00. The average molecular weight is 274 g/mol. The Morgan fingerprint density at radius 2 is 1.36 bits per heavy atom. The van der Waals surface area contributed by atoms with Gasteiger partial charge in [0, 0.05) is 12.0 Å². The summed E-state index contributed by atoms with van der Waals surface area (Å²) in [7, 11) is 0. The third-order valence-electron chi connectivity index (χ3n) is 0.611. The molecule has 0 fully saturated rings. The van der Waals surface area contributed by atoms with Gasteiger partial charge in [0.25, 0.3) is 0 Å². The summed E-state index contributed by atoms with van der Waals surface area (Å²) in [5.74, 6) is 0. The van der Waals surface area contributed by atoms with E-state index < -0.39 is 0 Å². The molecule has 64 valence electrons. The van der Waals surface area contributed by atoms with E-state index in [1.54, 1.807) is 0 Å². The van der Waals surface area contributed by atoms with Gasteiger partial charge in [-0.15, -0.1) is 0 Å². The van der Waals surface area contributed by atoms with Crippen molar-refractivity contribution in [3.63, 3.8) is 0 Å². The lowest BCUT2D eigenvalue weighted by Gasteiger charge is -1.97. The van der Waals surface area contributed by atoms with Crippen LogP contribution in [0.5, 0.6) is 0 Å². The second kappa shape index (κ2) is 5.81. The molecule has 0 saturated carbocycles. The van der Waals surface area contributed by atoms with Crippen molar-refractivity contribution < 1.29 is 4.55 Å². The van der Waals surface area contributed by atoms with Crippen LogP contribution in [0.4, 0.5) is 0 Å². The highest BCUT2D eigenvalue weighted by molar-refractivity contribution is 7.99. The zero-order valence-corrected chi connectivity index (χ0v) is 9.34. The minimum Gasteiger partial charge on any atom is -0.325 e. The van der Waals surface area contributed by atoms with Crippen molar-refractivity contribution >= 4 is 70.0 Å². The molecule has 0 spiro atoms. The topological polar surface area (TPSA) is 20.2 Å². The van der Waals surface area contributed by atoms with Crippen molar-refractivity contribution in [2.45, 2.75) is 0 Å². The molecule has 0 heterocycles. The lowest BCUT2D eigenvalue weighted by Crippen LogP contribution is -1.75. The normalized spacial score (nSPS) is 12.5. The van der Waals surface area contributed by atoms with Gasteiger partial charge in [-0.25, -0.2) is 0 Å². The van der Waals surface area contributed by atoms with Crippen molar-refractivity contribution in [3.8, 4) is 0 Å². The lowest BCUT2D eigenvalue weighted by atomic mass is 10.6. The quantitative estimate of drug-likeness (QED) is 0.580. The Bertz CT molecular complexity index is 207. The van der Waals surface area contributed by atoms with Crippen LogP contribution in [0.25, 0.3) is 0 Å². The molecule has 0 aromatic heterocycles. The molecule has 0 aliphatic heterocycles. The minimum atomic E-state index is -0.205. The molecule has 1 N–H and O–H groups in total. The Balaban J connectivity index is 4.75. The second-order valence-electron chi connectivity index (χ2n) is 1.25. The van der Waals surface area contributed by atoms with E-state index in [1.807, 2.05) is 0 Å². The molecule has 0 saturated heterocycles. The van der Waals surface area contributed by atoms with E-state index >= 15 is 0 Å². The first-order valence-corrected chi connectivity index (χ1v) is 4.74. The standard InChI is InChI=1S/C4HCl5OS/c5-1(3(7)8)2(6)4(9)11-10/h10H. The summed E-state index contributed by atoms with van der Waals surface area (Å²) >= 11 is 27.1.